The Labute approximate surface area is 204 Å². The molecule has 1 aliphatic heterocycles. The van der Waals surface area contributed by atoms with E-state index in [1.54, 1.807) is 66.7 Å². The van der Waals surface area contributed by atoms with Crippen LogP contribution in [0.3, 0.4) is 0 Å². The second-order valence-electron chi connectivity index (χ2n) is 7.00. The second-order valence-corrected chi connectivity index (χ2v) is 8.28. The molecule has 0 unspecified atom stereocenters. The van der Waals surface area contributed by atoms with Crippen molar-refractivity contribution >= 4 is 64.4 Å². The molecule has 0 saturated carbocycles. The smallest absolute Gasteiger partial charge is 0.335 e. The van der Waals surface area contributed by atoms with Crippen molar-refractivity contribution in [3.63, 3.8) is 0 Å². The summed E-state index contributed by atoms with van der Waals surface area (Å²) >= 11 is 18.3. The number of hydrogen-bond donors (Lipinski definition) is 1. The van der Waals surface area contributed by atoms with Gasteiger partial charge in [-0.15, -0.1) is 0 Å². The van der Waals surface area contributed by atoms with E-state index in [2.05, 4.69) is 5.32 Å². The van der Waals surface area contributed by atoms with E-state index in [9.17, 15) is 14.4 Å². The van der Waals surface area contributed by atoms with E-state index in [0.717, 1.165) is 4.90 Å². The maximum Gasteiger partial charge on any atom is 0.335 e. The number of amides is 4. The molecule has 1 heterocycles. The van der Waals surface area contributed by atoms with Crippen molar-refractivity contribution in [2.45, 2.75) is 6.61 Å². The van der Waals surface area contributed by atoms with Gasteiger partial charge < -0.3 is 4.74 Å². The Morgan fingerprint density at radius 3 is 2.30 bits per heavy atom. The minimum absolute atomic E-state index is 0.114. The lowest BCUT2D eigenvalue weighted by molar-refractivity contribution is -0.122. The molecule has 1 aliphatic rings. The first-order chi connectivity index (χ1) is 15.8. The van der Waals surface area contributed by atoms with Gasteiger partial charge in [0.2, 0.25) is 0 Å². The normalized spacial score (nSPS) is 15.1. The van der Waals surface area contributed by atoms with Crippen LogP contribution in [0, 0.1) is 0 Å². The van der Waals surface area contributed by atoms with Gasteiger partial charge in [0.05, 0.1) is 5.69 Å². The van der Waals surface area contributed by atoms with Crippen LogP contribution in [0.4, 0.5) is 10.5 Å². The van der Waals surface area contributed by atoms with E-state index >= 15 is 0 Å². The molecule has 33 heavy (non-hydrogen) atoms. The van der Waals surface area contributed by atoms with Crippen molar-refractivity contribution in [1.82, 2.24) is 5.32 Å². The number of benzene rings is 3. The number of rotatable bonds is 5. The predicted molar refractivity (Wildman–Crippen MR) is 128 cm³/mol. The highest BCUT2D eigenvalue weighted by Crippen LogP contribution is 2.29. The molecule has 1 N–H and O–H groups in total. The highest BCUT2D eigenvalue weighted by Gasteiger charge is 2.36. The van der Waals surface area contributed by atoms with Gasteiger partial charge in [0.1, 0.15) is 17.9 Å². The summed E-state index contributed by atoms with van der Waals surface area (Å²) < 4.78 is 5.89. The second kappa shape index (κ2) is 9.67. The standard InChI is InChI=1S/C24H15Cl3N2O4/c25-16-8-9-21(33-13-14-6-7-17(26)12-20(14)27)15(10-16)11-19-22(30)28-24(32)29(23(19)31)18-4-2-1-3-5-18/h1-12H,13H2,(H,28,30,32)/b19-11+. The first-order valence-corrected chi connectivity index (χ1v) is 10.8. The molecule has 0 atom stereocenters. The van der Waals surface area contributed by atoms with E-state index in [-0.39, 0.29) is 12.2 Å². The third-order valence-corrected chi connectivity index (χ3v) is 5.61. The predicted octanol–water partition coefficient (Wildman–Crippen LogP) is 5.89. The van der Waals surface area contributed by atoms with Crippen LogP contribution in [0.25, 0.3) is 6.08 Å². The lowest BCUT2D eigenvalue weighted by atomic mass is 10.1. The topological polar surface area (TPSA) is 75.7 Å². The van der Waals surface area contributed by atoms with Crippen molar-refractivity contribution in [1.29, 1.82) is 0 Å². The fourth-order valence-electron chi connectivity index (χ4n) is 3.18. The van der Waals surface area contributed by atoms with Gasteiger partial charge in [0.15, 0.2) is 0 Å². The van der Waals surface area contributed by atoms with Crippen LogP contribution in [-0.2, 0) is 16.2 Å². The average molecular weight is 502 g/mol. The Bertz CT molecular complexity index is 1290. The molecule has 166 valence electrons. The van der Waals surface area contributed by atoms with Gasteiger partial charge in [-0.1, -0.05) is 59.1 Å². The van der Waals surface area contributed by atoms with Gasteiger partial charge in [0, 0.05) is 26.2 Å². The summed E-state index contributed by atoms with van der Waals surface area (Å²) in [6.07, 6.45) is 1.34. The number of para-hydroxylation sites is 1. The summed E-state index contributed by atoms with van der Waals surface area (Å²) in [4.78, 5) is 38.8. The first-order valence-electron chi connectivity index (χ1n) is 9.66. The van der Waals surface area contributed by atoms with Crippen LogP contribution in [0.1, 0.15) is 11.1 Å². The number of barbiturate groups is 1. The third kappa shape index (κ3) is 5.03. The molecule has 0 aliphatic carbocycles. The fraction of sp³-hybridized carbons (Fsp3) is 0.0417. The van der Waals surface area contributed by atoms with Gasteiger partial charge in [-0.2, -0.15) is 0 Å². The number of ether oxygens (including phenoxy) is 1. The zero-order valence-corrected chi connectivity index (χ0v) is 19.1. The Morgan fingerprint density at radius 1 is 0.879 bits per heavy atom. The van der Waals surface area contributed by atoms with Crippen LogP contribution in [0.5, 0.6) is 5.75 Å². The minimum Gasteiger partial charge on any atom is -0.488 e. The summed E-state index contributed by atoms with van der Waals surface area (Å²) in [6, 6.07) is 17.3. The molecular formula is C24H15Cl3N2O4. The molecule has 1 saturated heterocycles. The van der Waals surface area contributed by atoms with Crippen LogP contribution < -0.4 is 15.0 Å². The number of anilines is 1. The fourth-order valence-corrected chi connectivity index (χ4v) is 3.83. The third-order valence-electron chi connectivity index (χ3n) is 4.79. The SMILES string of the molecule is O=C1NC(=O)N(c2ccccc2)C(=O)/C1=C/c1cc(Cl)ccc1OCc1ccc(Cl)cc1Cl. The molecule has 4 amide bonds. The number of nitrogens with zero attached hydrogens (tertiary/aromatic N) is 1. The molecule has 0 radical (unpaired) electrons. The van der Waals surface area contributed by atoms with Crippen LogP contribution >= 0.6 is 34.8 Å². The van der Waals surface area contributed by atoms with Crippen LogP contribution in [-0.4, -0.2) is 17.8 Å². The Kier molecular flexibility index (Phi) is 6.70. The number of hydrogen-bond acceptors (Lipinski definition) is 4. The summed E-state index contributed by atoms with van der Waals surface area (Å²) in [6.45, 7) is 0.114. The molecule has 9 heteroatoms. The Morgan fingerprint density at radius 2 is 1.58 bits per heavy atom. The van der Waals surface area contributed by atoms with E-state index in [1.165, 1.54) is 6.08 Å². The lowest BCUT2D eigenvalue weighted by Crippen LogP contribution is -2.54. The number of carbonyl (C=O) groups is 3. The number of imide groups is 2. The molecule has 3 aromatic rings. The van der Waals surface area contributed by atoms with E-state index < -0.39 is 17.8 Å². The maximum absolute atomic E-state index is 13.1. The van der Waals surface area contributed by atoms with Gasteiger partial charge in [0.25, 0.3) is 11.8 Å². The van der Waals surface area contributed by atoms with Crippen molar-refractivity contribution in [3.05, 3.63) is 98.5 Å². The van der Waals surface area contributed by atoms with Gasteiger partial charge in [-0.05, 0) is 48.5 Å². The van der Waals surface area contributed by atoms with Crippen molar-refractivity contribution in [3.8, 4) is 5.75 Å². The van der Waals surface area contributed by atoms with Crippen molar-refractivity contribution in [2.75, 3.05) is 4.90 Å². The van der Waals surface area contributed by atoms with Crippen LogP contribution in [0.15, 0.2) is 72.3 Å². The highest BCUT2D eigenvalue weighted by molar-refractivity contribution is 6.39. The van der Waals surface area contributed by atoms with E-state index in [0.29, 0.717) is 37.6 Å². The van der Waals surface area contributed by atoms with Gasteiger partial charge >= 0.3 is 6.03 Å². The quantitative estimate of drug-likeness (QED) is 0.349. The largest absolute Gasteiger partial charge is 0.488 e. The maximum atomic E-state index is 13.1. The summed E-state index contributed by atoms with van der Waals surface area (Å²) in [5.41, 5.74) is 1.17. The minimum atomic E-state index is -0.826. The van der Waals surface area contributed by atoms with Crippen LogP contribution in [0.2, 0.25) is 15.1 Å². The molecular weight excluding hydrogens is 487 g/mol. The van der Waals surface area contributed by atoms with E-state index in [4.69, 9.17) is 39.5 Å². The highest BCUT2D eigenvalue weighted by atomic mass is 35.5. The number of halogens is 3. The Balaban J connectivity index is 1.67. The molecule has 1 fully saturated rings. The number of nitrogens with one attached hydrogen (secondary N) is 1. The summed E-state index contributed by atoms with van der Waals surface area (Å²) in [7, 11) is 0. The molecule has 3 aromatic carbocycles. The zero-order valence-electron chi connectivity index (χ0n) is 16.8. The molecule has 4 rings (SSSR count). The van der Waals surface area contributed by atoms with Crippen molar-refractivity contribution in [2.24, 2.45) is 0 Å². The monoisotopic (exact) mass is 500 g/mol. The number of carbonyl (C=O) groups excluding carboxylic acids is 3. The number of urea groups is 1. The summed E-state index contributed by atoms with van der Waals surface area (Å²) in [5, 5.41) is 3.50. The average Bonchev–Trinajstić information content (AvgIpc) is 2.77. The molecule has 0 aromatic heterocycles. The Hall–Kier alpha value is -3.32. The molecule has 0 spiro atoms. The van der Waals surface area contributed by atoms with E-state index in [1.807, 2.05) is 0 Å². The zero-order chi connectivity index (χ0) is 23.5. The lowest BCUT2D eigenvalue weighted by Gasteiger charge is -2.26. The first kappa shape index (κ1) is 22.9. The van der Waals surface area contributed by atoms with Gasteiger partial charge in [-0.3, -0.25) is 14.9 Å². The molecule has 6 nitrogen and oxygen atoms in total. The summed E-state index contributed by atoms with van der Waals surface area (Å²) in [5.74, 6) is -1.22. The molecule has 0 bridgehead atoms. The van der Waals surface area contributed by atoms with Gasteiger partial charge in [-0.25, -0.2) is 9.69 Å². The van der Waals surface area contributed by atoms with Crippen molar-refractivity contribution < 1.29 is 19.1 Å².